The van der Waals surface area contributed by atoms with Crippen LogP contribution in [0.2, 0.25) is 10.0 Å². The van der Waals surface area contributed by atoms with Crippen molar-refractivity contribution in [2.45, 2.75) is 37.4 Å². The second-order valence-corrected chi connectivity index (χ2v) is 9.01. The van der Waals surface area contributed by atoms with Gasteiger partial charge >= 0.3 is 0 Å². The molecule has 1 aromatic carbocycles. The molecule has 0 unspecified atom stereocenters. The van der Waals surface area contributed by atoms with Crippen molar-refractivity contribution in [3.05, 3.63) is 63.9 Å². The number of carbonyl (C=O) groups excluding carboxylic acids is 2. The molecule has 4 rings (SSSR count). The monoisotopic (exact) mass is 479 g/mol. The SMILES string of the molecule is CC1(C)O[C@@H]2[C@@H](CNC(=O)c3c(Cl)cncc3Cl)OC[C@]2(CNC(=O)c2ccccc2)O1. The van der Waals surface area contributed by atoms with E-state index >= 15 is 0 Å². The van der Waals surface area contributed by atoms with Crippen molar-refractivity contribution in [3.63, 3.8) is 0 Å². The largest absolute Gasteiger partial charge is 0.370 e. The van der Waals surface area contributed by atoms with E-state index in [0.29, 0.717) is 5.56 Å². The minimum Gasteiger partial charge on any atom is -0.370 e. The number of nitrogens with zero attached hydrogens (tertiary/aromatic N) is 1. The first-order valence-electron chi connectivity index (χ1n) is 10.1. The second-order valence-electron chi connectivity index (χ2n) is 8.19. The van der Waals surface area contributed by atoms with Gasteiger partial charge in [-0.3, -0.25) is 14.6 Å². The number of aromatic nitrogens is 1. The van der Waals surface area contributed by atoms with E-state index in [9.17, 15) is 9.59 Å². The second kappa shape index (κ2) is 8.96. The van der Waals surface area contributed by atoms with Crippen molar-refractivity contribution in [3.8, 4) is 0 Å². The van der Waals surface area contributed by atoms with Gasteiger partial charge in [-0.25, -0.2) is 0 Å². The number of fused-ring (bicyclic) bond motifs is 1. The Morgan fingerprint density at radius 3 is 2.47 bits per heavy atom. The Morgan fingerprint density at radius 2 is 1.78 bits per heavy atom. The van der Waals surface area contributed by atoms with Crippen LogP contribution in [0.4, 0.5) is 0 Å². The van der Waals surface area contributed by atoms with Crippen molar-refractivity contribution in [1.82, 2.24) is 15.6 Å². The van der Waals surface area contributed by atoms with E-state index < -0.39 is 29.5 Å². The standard InChI is InChI=1S/C22H23Cl2N3O5/c1-21(2)31-18-16(10-26-20(29)17-14(23)8-25-9-15(17)24)30-12-22(18,32-21)11-27-19(28)13-6-4-3-5-7-13/h3-9,16,18H,10-12H2,1-2H3,(H,26,29)(H,27,28)/t16-,18-,22+/m1/s1. The van der Waals surface area contributed by atoms with E-state index in [1.165, 1.54) is 12.4 Å². The Kier molecular flexibility index (Phi) is 6.42. The number of hydrogen-bond acceptors (Lipinski definition) is 6. The molecule has 3 heterocycles. The summed E-state index contributed by atoms with van der Waals surface area (Å²) in [4.78, 5) is 29.0. The molecule has 0 aliphatic carbocycles. The lowest BCUT2D eigenvalue weighted by molar-refractivity contribution is -0.188. The Balaban J connectivity index is 1.43. The zero-order valence-corrected chi connectivity index (χ0v) is 19.1. The fourth-order valence-corrected chi connectivity index (χ4v) is 4.57. The highest BCUT2D eigenvalue weighted by Crippen LogP contribution is 2.43. The molecule has 10 heteroatoms. The minimum atomic E-state index is -0.880. The maximum absolute atomic E-state index is 12.6. The van der Waals surface area contributed by atoms with Crippen molar-refractivity contribution in [1.29, 1.82) is 0 Å². The Morgan fingerprint density at radius 1 is 1.09 bits per heavy atom. The average Bonchev–Trinajstić information content (AvgIpc) is 3.21. The molecule has 2 fully saturated rings. The molecular formula is C22H23Cl2N3O5. The highest BCUT2D eigenvalue weighted by molar-refractivity contribution is 6.39. The van der Waals surface area contributed by atoms with Gasteiger partial charge in [-0.05, 0) is 26.0 Å². The van der Waals surface area contributed by atoms with Crippen molar-refractivity contribution < 1.29 is 23.8 Å². The van der Waals surface area contributed by atoms with Crippen LogP contribution in [0.1, 0.15) is 34.6 Å². The van der Waals surface area contributed by atoms with Gasteiger partial charge in [0.15, 0.2) is 5.79 Å². The maximum Gasteiger partial charge on any atom is 0.254 e. The quantitative estimate of drug-likeness (QED) is 0.660. The number of ether oxygens (including phenoxy) is 3. The zero-order valence-electron chi connectivity index (χ0n) is 17.6. The van der Waals surface area contributed by atoms with E-state index in [0.717, 1.165) is 0 Å². The Hall–Kier alpha value is -2.23. The predicted octanol–water partition coefficient (Wildman–Crippen LogP) is 2.84. The summed E-state index contributed by atoms with van der Waals surface area (Å²) in [6.45, 7) is 4.15. The summed E-state index contributed by atoms with van der Waals surface area (Å²) in [6, 6.07) is 8.91. The van der Waals surface area contributed by atoms with Crippen LogP contribution in [0.25, 0.3) is 0 Å². The van der Waals surface area contributed by atoms with E-state index in [1.807, 2.05) is 6.07 Å². The van der Waals surface area contributed by atoms with Crippen molar-refractivity contribution in [2.24, 2.45) is 0 Å². The van der Waals surface area contributed by atoms with Gasteiger partial charge in [0.05, 0.1) is 28.8 Å². The molecule has 3 atom stereocenters. The third kappa shape index (κ3) is 4.60. The van der Waals surface area contributed by atoms with Crippen molar-refractivity contribution >= 4 is 35.0 Å². The number of benzene rings is 1. The van der Waals surface area contributed by atoms with Crippen LogP contribution in [0.5, 0.6) is 0 Å². The van der Waals surface area contributed by atoms with Gasteiger partial charge in [-0.15, -0.1) is 0 Å². The van der Waals surface area contributed by atoms with Crippen LogP contribution in [0.3, 0.4) is 0 Å². The van der Waals surface area contributed by atoms with Crippen LogP contribution in [0, 0.1) is 0 Å². The molecule has 2 saturated heterocycles. The van der Waals surface area contributed by atoms with Gasteiger partial charge in [-0.1, -0.05) is 41.4 Å². The third-order valence-corrected chi connectivity index (χ3v) is 5.96. The first-order chi connectivity index (χ1) is 15.2. The molecule has 0 saturated carbocycles. The summed E-state index contributed by atoms with van der Waals surface area (Å²) in [5.41, 5.74) is -0.186. The number of pyridine rings is 1. The molecule has 2 N–H and O–H groups in total. The molecule has 2 aromatic rings. The van der Waals surface area contributed by atoms with Gasteiger partial charge in [0.1, 0.15) is 17.8 Å². The predicted molar refractivity (Wildman–Crippen MR) is 118 cm³/mol. The normalized spacial score (nSPS) is 25.9. The number of amides is 2. The fourth-order valence-electron chi connectivity index (χ4n) is 4.03. The van der Waals surface area contributed by atoms with Crippen LogP contribution >= 0.6 is 23.2 Å². The van der Waals surface area contributed by atoms with Crippen LogP contribution in [0.15, 0.2) is 42.7 Å². The summed E-state index contributed by atoms with van der Waals surface area (Å²) in [5, 5.41) is 6.01. The summed E-state index contributed by atoms with van der Waals surface area (Å²) in [5.74, 6) is -1.53. The smallest absolute Gasteiger partial charge is 0.254 e. The molecule has 32 heavy (non-hydrogen) atoms. The molecule has 2 aliphatic heterocycles. The van der Waals surface area contributed by atoms with E-state index in [2.05, 4.69) is 15.6 Å². The molecule has 1 aromatic heterocycles. The number of rotatable bonds is 6. The first-order valence-corrected chi connectivity index (χ1v) is 10.9. The molecular weight excluding hydrogens is 457 g/mol. The lowest BCUT2D eigenvalue weighted by Gasteiger charge is -2.27. The molecule has 2 aliphatic rings. The van der Waals surface area contributed by atoms with Crippen LogP contribution in [-0.4, -0.2) is 60.1 Å². The van der Waals surface area contributed by atoms with E-state index in [1.54, 1.807) is 38.1 Å². The Labute approximate surface area is 195 Å². The molecule has 0 bridgehead atoms. The molecule has 0 radical (unpaired) electrons. The van der Waals surface area contributed by atoms with Crippen LogP contribution in [-0.2, 0) is 14.2 Å². The van der Waals surface area contributed by atoms with E-state index in [4.69, 9.17) is 37.4 Å². The average molecular weight is 480 g/mol. The van der Waals surface area contributed by atoms with Gasteiger partial charge in [-0.2, -0.15) is 0 Å². The maximum atomic E-state index is 12.6. The lowest BCUT2D eigenvalue weighted by atomic mass is 9.96. The summed E-state index contributed by atoms with van der Waals surface area (Å²) in [6.07, 6.45) is 1.71. The molecule has 2 amide bonds. The number of hydrogen-bond donors (Lipinski definition) is 2. The van der Waals surface area contributed by atoms with Gasteiger partial charge < -0.3 is 24.8 Å². The lowest BCUT2D eigenvalue weighted by Crippen LogP contribution is -2.52. The number of nitrogens with one attached hydrogen (secondary N) is 2. The van der Waals surface area contributed by atoms with E-state index in [-0.39, 0.29) is 41.2 Å². The highest BCUT2D eigenvalue weighted by Gasteiger charge is 2.61. The van der Waals surface area contributed by atoms with Crippen LogP contribution < -0.4 is 10.6 Å². The molecule has 8 nitrogen and oxygen atoms in total. The number of carbonyl (C=O) groups is 2. The zero-order chi connectivity index (χ0) is 22.9. The van der Waals surface area contributed by atoms with Gasteiger partial charge in [0.2, 0.25) is 0 Å². The molecule has 170 valence electrons. The highest BCUT2D eigenvalue weighted by atomic mass is 35.5. The summed E-state index contributed by atoms with van der Waals surface area (Å²) >= 11 is 12.1. The minimum absolute atomic E-state index is 0.145. The van der Waals surface area contributed by atoms with Gasteiger partial charge in [0, 0.05) is 24.5 Å². The fraction of sp³-hybridized carbons (Fsp3) is 0.409. The number of halogens is 2. The first kappa shape index (κ1) is 22.9. The molecule has 0 spiro atoms. The third-order valence-electron chi connectivity index (χ3n) is 5.39. The van der Waals surface area contributed by atoms with Crippen molar-refractivity contribution in [2.75, 3.05) is 19.7 Å². The van der Waals surface area contributed by atoms with Gasteiger partial charge in [0.25, 0.3) is 11.8 Å². The Bertz CT molecular complexity index is 1000. The topological polar surface area (TPSA) is 98.8 Å². The summed E-state index contributed by atoms with van der Waals surface area (Å²) < 4.78 is 18.2. The summed E-state index contributed by atoms with van der Waals surface area (Å²) in [7, 11) is 0.